The van der Waals surface area contributed by atoms with Crippen LogP contribution in [-0.4, -0.2) is 26.1 Å². The second-order valence-corrected chi connectivity index (χ2v) is 9.97. The molecule has 0 aromatic carbocycles. The second-order valence-electron chi connectivity index (χ2n) is 5.55. The fourth-order valence-corrected chi connectivity index (χ4v) is 3.20. The zero-order valence-electron chi connectivity index (χ0n) is 9.68. The maximum Gasteiger partial charge on any atom is 0.186 e. The smallest absolute Gasteiger partial charge is 0.186 e. The van der Waals surface area contributed by atoms with Crippen molar-refractivity contribution < 1.29 is 9.16 Å². The molecule has 0 N–H and O–H groups in total. The van der Waals surface area contributed by atoms with Crippen molar-refractivity contribution in [3.63, 3.8) is 0 Å². The maximum absolute atomic E-state index is 9.18. The van der Waals surface area contributed by atoms with Crippen molar-refractivity contribution in [2.24, 2.45) is 0 Å². The molecule has 0 aromatic rings. The van der Waals surface area contributed by atoms with E-state index in [1.54, 1.807) is 0 Å². The van der Waals surface area contributed by atoms with Crippen molar-refractivity contribution in [2.75, 3.05) is 6.61 Å². The molecule has 0 bridgehead atoms. The molecular weight excluding hydrogens is 194 g/mol. The molecule has 1 aliphatic heterocycles. The highest BCUT2D eigenvalue weighted by atomic mass is 28.4. The molecule has 0 aromatic heterocycles. The van der Waals surface area contributed by atoms with Crippen LogP contribution in [-0.2, 0) is 9.16 Å². The van der Waals surface area contributed by atoms with Crippen LogP contribution in [0.25, 0.3) is 0 Å². The molecule has 1 fully saturated rings. The Morgan fingerprint density at radius 1 is 1.36 bits per heavy atom. The van der Waals surface area contributed by atoms with Gasteiger partial charge in [0.15, 0.2) is 13.9 Å². The first-order chi connectivity index (χ1) is 6.18. The van der Waals surface area contributed by atoms with Gasteiger partial charge in [-0.2, -0.15) is 5.26 Å². The molecule has 1 rings (SSSR count). The first-order valence-corrected chi connectivity index (χ1v) is 8.34. The van der Waals surface area contributed by atoms with Gasteiger partial charge in [-0.3, -0.25) is 0 Å². The highest BCUT2D eigenvalue weighted by Crippen LogP contribution is 2.36. The molecular formula is C10H19NO2Si. The van der Waals surface area contributed by atoms with Gasteiger partial charge in [-0.05, 0) is 33.5 Å². The second kappa shape index (κ2) is 3.33. The Hall–Kier alpha value is -0.373. The average Bonchev–Trinajstić information content (AvgIpc) is 2.24. The monoisotopic (exact) mass is 213 g/mol. The summed E-state index contributed by atoms with van der Waals surface area (Å²) in [6.45, 7) is 10.7. The molecule has 0 amide bonds. The maximum atomic E-state index is 9.18. The SMILES string of the molecule is CC1(C)C[C@@](C#N)(O[Si](C)(C)C)CO1. The summed E-state index contributed by atoms with van der Waals surface area (Å²) >= 11 is 0. The zero-order valence-corrected chi connectivity index (χ0v) is 10.7. The molecule has 0 spiro atoms. The van der Waals surface area contributed by atoms with E-state index in [0.29, 0.717) is 13.0 Å². The Bertz CT molecular complexity index is 264. The molecule has 0 aliphatic carbocycles. The predicted molar refractivity (Wildman–Crippen MR) is 57.4 cm³/mol. The van der Waals surface area contributed by atoms with Crippen LogP contribution in [0.1, 0.15) is 20.3 Å². The molecule has 0 unspecified atom stereocenters. The third-order valence-corrected chi connectivity index (χ3v) is 3.12. The number of ether oxygens (including phenoxy) is 1. The van der Waals surface area contributed by atoms with Gasteiger partial charge >= 0.3 is 0 Å². The van der Waals surface area contributed by atoms with E-state index < -0.39 is 13.9 Å². The van der Waals surface area contributed by atoms with E-state index in [0.717, 1.165) is 0 Å². The molecule has 80 valence electrons. The number of rotatable bonds is 2. The number of hydrogen-bond donors (Lipinski definition) is 0. The quantitative estimate of drug-likeness (QED) is 0.661. The number of nitrogens with zero attached hydrogens (tertiary/aromatic N) is 1. The van der Waals surface area contributed by atoms with Gasteiger partial charge in [0.1, 0.15) is 0 Å². The van der Waals surface area contributed by atoms with Crippen molar-refractivity contribution in [3.8, 4) is 6.07 Å². The fourth-order valence-electron chi connectivity index (χ4n) is 1.85. The summed E-state index contributed by atoms with van der Waals surface area (Å²) in [5.41, 5.74) is -0.927. The van der Waals surface area contributed by atoms with Crippen molar-refractivity contribution in [1.29, 1.82) is 5.26 Å². The van der Waals surface area contributed by atoms with Crippen molar-refractivity contribution in [2.45, 2.75) is 51.1 Å². The fraction of sp³-hybridized carbons (Fsp3) is 0.900. The van der Waals surface area contributed by atoms with Crippen LogP contribution in [0.4, 0.5) is 0 Å². The van der Waals surface area contributed by atoms with Gasteiger partial charge in [-0.1, -0.05) is 0 Å². The molecule has 1 saturated heterocycles. The Kier molecular flexibility index (Phi) is 2.79. The van der Waals surface area contributed by atoms with Crippen LogP contribution < -0.4 is 0 Å². The lowest BCUT2D eigenvalue weighted by Crippen LogP contribution is -2.42. The standard InChI is InChI=1S/C10H19NO2Si/c1-9(2)6-10(7-11,8-12-9)13-14(3,4)5/h6,8H2,1-5H3/t10-/m0/s1. The van der Waals surface area contributed by atoms with Gasteiger partial charge in [-0.25, -0.2) is 0 Å². The van der Waals surface area contributed by atoms with E-state index in [9.17, 15) is 5.26 Å². The highest BCUT2D eigenvalue weighted by molar-refractivity contribution is 6.69. The first-order valence-electron chi connectivity index (χ1n) is 4.94. The minimum atomic E-state index is -1.68. The highest BCUT2D eigenvalue weighted by Gasteiger charge is 2.47. The van der Waals surface area contributed by atoms with Gasteiger partial charge in [-0.15, -0.1) is 0 Å². The third kappa shape index (κ3) is 2.81. The van der Waals surface area contributed by atoms with Crippen molar-refractivity contribution in [1.82, 2.24) is 0 Å². The molecule has 3 nitrogen and oxygen atoms in total. The average molecular weight is 213 g/mol. The first kappa shape index (κ1) is 11.7. The number of nitriles is 1. The van der Waals surface area contributed by atoms with Crippen molar-refractivity contribution in [3.05, 3.63) is 0 Å². The summed E-state index contributed by atoms with van der Waals surface area (Å²) in [6.07, 6.45) is 0.667. The molecule has 14 heavy (non-hydrogen) atoms. The minimum absolute atomic E-state index is 0.227. The Morgan fingerprint density at radius 3 is 2.21 bits per heavy atom. The van der Waals surface area contributed by atoms with Crippen LogP contribution in [0.3, 0.4) is 0 Å². The van der Waals surface area contributed by atoms with E-state index in [-0.39, 0.29) is 5.60 Å². The normalized spacial score (nSPS) is 31.4. The topological polar surface area (TPSA) is 42.2 Å². The van der Waals surface area contributed by atoms with Crippen LogP contribution in [0, 0.1) is 11.3 Å². The van der Waals surface area contributed by atoms with Gasteiger partial charge in [0.2, 0.25) is 0 Å². The molecule has 1 atom stereocenters. The van der Waals surface area contributed by atoms with Gasteiger partial charge < -0.3 is 9.16 Å². The molecule has 4 heteroatoms. The molecule has 0 saturated carbocycles. The lowest BCUT2D eigenvalue weighted by molar-refractivity contribution is 0.0255. The summed E-state index contributed by atoms with van der Waals surface area (Å²) in [5.74, 6) is 0. The lowest BCUT2D eigenvalue weighted by atomic mass is 9.95. The van der Waals surface area contributed by atoms with E-state index in [1.165, 1.54) is 0 Å². The van der Waals surface area contributed by atoms with Gasteiger partial charge in [0, 0.05) is 6.42 Å². The van der Waals surface area contributed by atoms with Crippen molar-refractivity contribution >= 4 is 8.32 Å². The van der Waals surface area contributed by atoms with Crippen LogP contribution in [0.5, 0.6) is 0 Å². The Morgan fingerprint density at radius 2 is 1.93 bits per heavy atom. The summed E-state index contributed by atoms with van der Waals surface area (Å²) in [6, 6.07) is 2.28. The predicted octanol–water partition coefficient (Wildman–Crippen LogP) is 2.30. The number of hydrogen-bond acceptors (Lipinski definition) is 3. The van der Waals surface area contributed by atoms with Crippen LogP contribution >= 0.6 is 0 Å². The van der Waals surface area contributed by atoms with E-state index in [2.05, 4.69) is 25.7 Å². The zero-order chi connectivity index (χ0) is 11.0. The third-order valence-electron chi connectivity index (χ3n) is 2.11. The summed E-state index contributed by atoms with van der Waals surface area (Å²) in [4.78, 5) is 0. The van der Waals surface area contributed by atoms with E-state index in [4.69, 9.17) is 9.16 Å². The molecule has 0 radical (unpaired) electrons. The molecule has 1 heterocycles. The lowest BCUT2D eigenvalue weighted by Gasteiger charge is -2.29. The Labute approximate surface area is 87.1 Å². The van der Waals surface area contributed by atoms with Crippen LogP contribution in [0.2, 0.25) is 19.6 Å². The van der Waals surface area contributed by atoms with Crippen LogP contribution in [0.15, 0.2) is 0 Å². The summed E-state index contributed by atoms with van der Waals surface area (Å²) < 4.78 is 11.5. The van der Waals surface area contributed by atoms with Gasteiger partial charge in [0.05, 0.1) is 18.3 Å². The summed E-state index contributed by atoms with van der Waals surface area (Å²) in [7, 11) is -1.68. The largest absolute Gasteiger partial charge is 0.398 e. The minimum Gasteiger partial charge on any atom is -0.398 e. The van der Waals surface area contributed by atoms with Gasteiger partial charge in [0.25, 0.3) is 0 Å². The summed E-state index contributed by atoms with van der Waals surface area (Å²) in [5, 5.41) is 9.18. The Balaban J connectivity index is 2.77. The van der Waals surface area contributed by atoms with E-state index in [1.807, 2.05) is 13.8 Å². The molecule has 1 aliphatic rings. The van der Waals surface area contributed by atoms with E-state index >= 15 is 0 Å².